The van der Waals surface area contributed by atoms with E-state index < -0.39 is 0 Å². The van der Waals surface area contributed by atoms with Gasteiger partial charge in [0.25, 0.3) is 0 Å². The third-order valence-electron chi connectivity index (χ3n) is 4.26. The molecule has 0 aromatic heterocycles. The van der Waals surface area contributed by atoms with E-state index in [-0.39, 0.29) is 0 Å². The Balaban J connectivity index is 2.16. The highest BCUT2D eigenvalue weighted by molar-refractivity contribution is 5.79. The Kier molecular flexibility index (Phi) is 8.67. The molecule has 0 heterocycles. The molecule has 0 atom stereocenters. The second-order valence-electron chi connectivity index (χ2n) is 6.26. The summed E-state index contributed by atoms with van der Waals surface area (Å²) in [4.78, 5) is 6.72. The Morgan fingerprint density at radius 1 is 1.20 bits per heavy atom. The lowest BCUT2D eigenvalue weighted by Crippen LogP contribution is -2.46. The monoisotopic (exact) mass is 282 g/mol. The van der Waals surface area contributed by atoms with Crippen molar-refractivity contribution in [1.82, 2.24) is 15.5 Å². The van der Waals surface area contributed by atoms with Crippen molar-refractivity contribution in [2.75, 3.05) is 33.7 Å². The van der Waals surface area contributed by atoms with Crippen molar-refractivity contribution in [2.24, 2.45) is 10.9 Å². The summed E-state index contributed by atoms with van der Waals surface area (Å²) < 4.78 is 0. The van der Waals surface area contributed by atoms with Crippen LogP contribution in [0.5, 0.6) is 0 Å². The minimum Gasteiger partial charge on any atom is -0.355 e. The van der Waals surface area contributed by atoms with Crippen molar-refractivity contribution in [1.29, 1.82) is 0 Å². The van der Waals surface area contributed by atoms with Crippen LogP contribution in [0.4, 0.5) is 0 Å². The highest BCUT2D eigenvalue weighted by Gasteiger charge is 2.18. The molecule has 1 aliphatic carbocycles. The molecule has 20 heavy (non-hydrogen) atoms. The van der Waals surface area contributed by atoms with Gasteiger partial charge in [0.2, 0.25) is 0 Å². The highest BCUT2D eigenvalue weighted by atomic mass is 15.2. The second-order valence-corrected chi connectivity index (χ2v) is 6.26. The summed E-state index contributed by atoms with van der Waals surface area (Å²) in [5.74, 6) is 1.86. The van der Waals surface area contributed by atoms with Crippen LogP contribution in [0.3, 0.4) is 0 Å². The summed E-state index contributed by atoms with van der Waals surface area (Å²) in [6, 6.07) is 0.607. The molecule has 2 N–H and O–H groups in total. The van der Waals surface area contributed by atoms with E-state index in [1.54, 1.807) is 0 Å². The van der Waals surface area contributed by atoms with Crippen molar-refractivity contribution in [2.45, 2.75) is 58.4 Å². The molecule has 1 saturated carbocycles. The van der Waals surface area contributed by atoms with E-state index >= 15 is 0 Å². The van der Waals surface area contributed by atoms with Gasteiger partial charge >= 0.3 is 0 Å². The normalized spacial score (nSPS) is 23.9. The quantitative estimate of drug-likeness (QED) is 0.556. The van der Waals surface area contributed by atoms with Crippen molar-refractivity contribution in [3.8, 4) is 0 Å². The Bertz CT molecular complexity index is 270. The number of hydrogen-bond donors (Lipinski definition) is 2. The van der Waals surface area contributed by atoms with Crippen molar-refractivity contribution in [3.63, 3.8) is 0 Å². The molecule has 0 bridgehead atoms. The number of nitrogens with zero attached hydrogens (tertiary/aromatic N) is 2. The van der Waals surface area contributed by atoms with Crippen LogP contribution in [0, 0.1) is 5.92 Å². The van der Waals surface area contributed by atoms with Crippen molar-refractivity contribution < 1.29 is 0 Å². The number of aliphatic imine (C=N–C) groups is 1. The van der Waals surface area contributed by atoms with E-state index in [4.69, 9.17) is 0 Å². The third kappa shape index (κ3) is 7.13. The zero-order valence-corrected chi connectivity index (χ0v) is 13.9. The smallest absolute Gasteiger partial charge is 0.191 e. The lowest BCUT2D eigenvalue weighted by atomic mass is 9.87. The van der Waals surface area contributed by atoms with Gasteiger partial charge < -0.3 is 15.5 Å². The lowest BCUT2D eigenvalue weighted by molar-refractivity contribution is 0.323. The maximum atomic E-state index is 4.34. The van der Waals surface area contributed by atoms with Gasteiger partial charge in [0.1, 0.15) is 0 Å². The zero-order chi connectivity index (χ0) is 14.8. The molecule has 0 aromatic rings. The predicted molar refractivity (Wildman–Crippen MR) is 88.3 cm³/mol. The Morgan fingerprint density at radius 3 is 2.50 bits per heavy atom. The minimum absolute atomic E-state index is 0.607. The second kappa shape index (κ2) is 10.0. The van der Waals surface area contributed by atoms with Gasteiger partial charge in [-0.25, -0.2) is 0 Å². The molecule has 0 saturated heterocycles. The first-order chi connectivity index (χ1) is 9.65. The zero-order valence-electron chi connectivity index (χ0n) is 13.9. The number of unbranched alkanes of at least 4 members (excludes halogenated alkanes) is 1. The van der Waals surface area contributed by atoms with E-state index in [1.807, 2.05) is 7.05 Å². The number of rotatable bonds is 7. The molecule has 1 rings (SSSR count). The van der Waals surface area contributed by atoms with Crippen LogP contribution in [0.2, 0.25) is 0 Å². The van der Waals surface area contributed by atoms with Crippen LogP contribution in [0.15, 0.2) is 4.99 Å². The summed E-state index contributed by atoms with van der Waals surface area (Å²) in [5, 5.41) is 7.00. The molecule has 0 aliphatic heterocycles. The number of nitrogens with one attached hydrogen (secondary N) is 2. The van der Waals surface area contributed by atoms with Gasteiger partial charge in [0.05, 0.1) is 0 Å². The average molecular weight is 282 g/mol. The van der Waals surface area contributed by atoms with Gasteiger partial charge in [-0.05, 0) is 51.6 Å². The number of hydrogen-bond acceptors (Lipinski definition) is 2. The molecule has 0 amide bonds. The van der Waals surface area contributed by atoms with Gasteiger partial charge in [-0.1, -0.05) is 20.3 Å². The predicted octanol–water partition coefficient (Wildman–Crippen LogP) is 2.46. The van der Waals surface area contributed by atoms with Crippen molar-refractivity contribution >= 4 is 5.96 Å². The maximum Gasteiger partial charge on any atom is 0.191 e. The maximum absolute atomic E-state index is 4.34. The van der Waals surface area contributed by atoms with Crippen LogP contribution in [0.1, 0.15) is 52.4 Å². The summed E-state index contributed by atoms with van der Waals surface area (Å²) in [6.07, 6.45) is 7.78. The van der Waals surface area contributed by atoms with Gasteiger partial charge in [-0.3, -0.25) is 4.99 Å². The molecule has 1 aliphatic rings. The summed E-state index contributed by atoms with van der Waals surface area (Å²) in [6.45, 7) is 7.81. The molecule has 0 spiro atoms. The van der Waals surface area contributed by atoms with E-state index in [1.165, 1.54) is 45.1 Å². The highest BCUT2D eigenvalue weighted by Crippen LogP contribution is 2.23. The Labute approximate surface area is 125 Å². The van der Waals surface area contributed by atoms with Crippen LogP contribution in [0.25, 0.3) is 0 Å². The standard InChI is InChI=1S/C16H34N4/c1-5-6-12-20(4)13-11-18-16(17-3)19-15-9-7-14(2)8-10-15/h14-15H,5-13H2,1-4H3,(H2,17,18,19). The third-order valence-corrected chi connectivity index (χ3v) is 4.26. The SMILES string of the molecule is CCCCN(C)CCNC(=NC)NC1CCC(C)CC1. The molecule has 4 heteroatoms. The molecule has 0 unspecified atom stereocenters. The number of guanidine groups is 1. The molecule has 0 aromatic carbocycles. The molecule has 0 radical (unpaired) electrons. The summed E-state index contributed by atoms with van der Waals surface area (Å²) >= 11 is 0. The van der Waals surface area contributed by atoms with E-state index in [0.29, 0.717) is 6.04 Å². The fourth-order valence-electron chi connectivity index (χ4n) is 2.70. The average Bonchev–Trinajstić information content (AvgIpc) is 2.46. The number of likely N-dealkylation sites (N-methyl/N-ethyl adjacent to an activating group) is 1. The van der Waals surface area contributed by atoms with E-state index in [0.717, 1.165) is 25.0 Å². The largest absolute Gasteiger partial charge is 0.355 e. The molecule has 118 valence electrons. The fraction of sp³-hybridized carbons (Fsp3) is 0.938. The summed E-state index contributed by atoms with van der Waals surface area (Å²) in [5.41, 5.74) is 0. The van der Waals surface area contributed by atoms with Crippen LogP contribution in [-0.2, 0) is 0 Å². The van der Waals surface area contributed by atoms with E-state index in [9.17, 15) is 0 Å². The van der Waals surface area contributed by atoms with E-state index in [2.05, 4.69) is 41.4 Å². The Hall–Kier alpha value is -0.770. The molecular formula is C16H34N4. The Morgan fingerprint density at radius 2 is 1.90 bits per heavy atom. The molecule has 4 nitrogen and oxygen atoms in total. The molecular weight excluding hydrogens is 248 g/mol. The summed E-state index contributed by atoms with van der Waals surface area (Å²) in [7, 11) is 4.05. The minimum atomic E-state index is 0.607. The molecule has 1 fully saturated rings. The van der Waals surface area contributed by atoms with Crippen molar-refractivity contribution in [3.05, 3.63) is 0 Å². The van der Waals surface area contributed by atoms with Crippen LogP contribution >= 0.6 is 0 Å². The first-order valence-electron chi connectivity index (χ1n) is 8.31. The van der Waals surface area contributed by atoms with Crippen LogP contribution < -0.4 is 10.6 Å². The van der Waals surface area contributed by atoms with Gasteiger partial charge in [0.15, 0.2) is 5.96 Å². The fourth-order valence-corrected chi connectivity index (χ4v) is 2.70. The van der Waals surface area contributed by atoms with Gasteiger partial charge in [0, 0.05) is 26.2 Å². The van der Waals surface area contributed by atoms with Gasteiger partial charge in [-0.2, -0.15) is 0 Å². The first kappa shape index (κ1) is 17.3. The first-order valence-corrected chi connectivity index (χ1v) is 8.31. The van der Waals surface area contributed by atoms with Crippen LogP contribution in [-0.4, -0.2) is 50.6 Å². The topological polar surface area (TPSA) is 39.7 Å². The lowest BCUT2D eigenvalue weighted by Gasteiger charge is -2.28. The van der Waals surface area contributed by atoms with Gasteiger partial charge in [-0.15, -0.1) is 0 Å².